The van der Waals surface area contributed by atoms with Crippen LogP contribution in [0.4, 0.5) is 20.2 Å². The van der Waals surface area contributed by atoms with Crippen molar-refractivity contribution in [1.82, 2.24) is 15.1 Å². The van der Waals surface area contributed by atoms with Crippen LogP contribution in [0, 0.1) is 16.0 Å². The molecule has 3 heterocycles. The quantitative estimate of drug-likeness (QED) is 0.422. The number of anilines is 1. The second-order valence-electron chi connectivity index (χ2n) is 9.61. The number of nitro groups is 1. The third-order valence-electron chi connectivity index (χ3n) is 6.90. The molecule has 1 aromatic carbocycles. The molecule has 3 aliphatic rings. The average molecular weight is 558 g/mol. The van der Waals surface area contributed by atoms with E-state index in [4.69, 9.17) is 0 Å². The van der Waals surface area contributed by atoms with Crippen LogP contribution in [0.2, 0.25) is 0 Å². The number of nitro benzene ring substituents is 1. The lowest BCUT2D eigenvalue weighted by Crippen LogP contribution is -2.53. The summed E-state index contributed by atoms with van der Waals surface area (Å²) in [6.45, 7) is 1.65. The van der Waals surface area contributed by atoms with Gasteiger partial charge in [-0.15, -0.1) is 0 Å². The number of carbonyl (C=O) groups excluding carboxylic acids is 2. The molecule has 1 aromatic rings. The number of amides is 2. The highest BCUT2D eigenvalue weighted by molar-refractivity contribution is 9.10. The first-order valence-corrected chi connectivity index (χ1v) is 12.8. The van der Waals surface area contributed by atoms with Gasteiger partial charge in [-0.2, -0.15) is 0 Å². The van der Waals surface area contributed by atoms with E-state index in [0.717, 1.165) is 19.3 Å². The Hall–Kier alpha value is -2.34. The van der Waals surface area contributed by atoms with E-state index in [1.807, 2.05) is 0 Å². The van der Waals surface area contributed by atoms with Crippen molar-refractivity contribution in [3.63, 3.8) is 0 Å². The van der Waals surface area contributed by atoms with E-state index in [0.29, 0.717) is 36.9 Å². The van der Waals surface area contributed by atoms with Gasteiger partial charge in [-0.25, -0.2) is 8.78 Å². The lowest BCUT2D eigenvalue weighted by Gasteiger charge is -2.38. The monoisotopic (exact) mass is 557 g/mol. The molecule has 0 radical (unpaired) electrons. The Morgan fingerprint density at radius 2 is 1.86 bits per heavy atom. The SMILES string of the molecule is O=C(c1cc(Br)cc([N+](=O)[O-])c1N[C@@H]1CCCN(C(=O)[C@H]2CNCC(F)(F)C2)C1)N1CCCCC1. The van der Waals surface area contributed by atoms with Crippen LogP contribution in [0.1, 0.15) is 48.9 Å². The first kappa shape index (κ1) is 25.7. The van der Waals surface area contributed by atoms with Gasteiger partial charge in [-0.1, -0.05) is 15.9 Å². The van der Waals surface area contributed by atoms with Crippen molar-refractivity contribution < 1.29 is 23.3 Å². The van der Waals surface area contributed by atoms with Crippen LogP contribution in [-0.2, 0) is 4.79 Å². The predicted molar refractivity (Wildman–Crippen MR) is 130 cm³/mol. The number of likely N-dealkylation sites (tertiary alicyclic amines) is 2. The minimum atomic E-state index is -2.92. The Morgan fingerprint density at radius 3 is 2.54 bits per heavy atom. The summed E-state index contributed by atoms with van der Waals surface area (Å²) < 4.78 is 28.1. The number of alkyl halides is 2. The molecule has 0 spiro atoms. The van der Waals surface area contributed by atoms with Crippen LogP contribution in [0.25, 0.3) is 0 Å². The van der Waals surface area contributed by atoms with E-state index in [1.165, 1.54) is 6.07 Å². The fourth-order valence-electron chi connectivity index (χ4n) is 5.19. The second kappa shape index (κ2) is 10.7. The topological polar surface area (TPSA) is 108 Å². The minimum Gasteiger partial charge on any atom is -0.374 e. The Bertz CT molecular complexity index is 989. The summed E-state index contributed by atoms with van der Waals surface area (Å²) >= 11 is 3.29. The number of hydrogen-bond donors (Lipinski definition) is 2. The molecule has 4 rings (SSSR count). The molecule has 0 saturated carbocycles. The lowest BCUT2D eigenvalue weighted by atomic mass is 9.94. The van der Waals surface area contributed by atoms with Gasteiger partial charge in [0.2, 0.25) is 5.91 Å². The van der Waals surface area contributed by atoms with Gasteiger partial charge in [0.05, 0.1) is 22.9 Å². The molecule has 2 N–H and O–H groups in total. The van der Waals surface area contributed by atoms with Crippen molar-refractivity contribution in [3.05, 3.63) is 32.3 Å². The summed E-state index contributed by atoms with van der Waals surface area (Å²) in [4.78, 5) is 41.0. The number of benzene rings is 1. The van der Waals surface area contributed by atoms with Crippen molar-refractivity contribution in [1.29, 1.82) is 0 Å². The standard InChI is InChI=1S/C23H30BrF2N5O4/c24-16-9-18(22(33)29-6-2-1-3-7-29)20(19(10-16)31(34)35)28-17-5-4-8-30(13-17)21(32)15-11-23(25,26)14-27-12-15/h9-10,15,17,27-28H,1-8,11-14H2/t15-,17-/m1/s1. The summed E-state index contributed by atoms with van der Waals surface area (Å²) in [6.07, 6.45) is 3.59. The van der Waals surface area contributed by atoms with E-state index in [9.17, 15) is 28.5 Å². The van der Waals surface area contributed by atoms with Crippen LogP contribution in [0.15, 0.2) is 16.6 Å². The Balaban J connectivity index is 1.55. The van der Waals surface area contributed by atoms with Gasteiger partial charge in [-0.3, -0.25) is 19.7 Å². The van der Waals surface area contributed by atoms with Gasteiger partial charge in [0.15, 0.2) is 0 Å². The molecule has 3 saturated heterocycles. The molecule has 3 fully saturated rings. The Kier molecular flexibility index (Phi) is 7.89. The van der Waals surface area contributed by atoms with Crippen molar-refractivity contribution in [2.45, 2.75) is 50.5 Å². The maximum absolute atomic E-state index is 13.8. The molecule has 9 nitrogen and oxygen atoms in total. The zero-order valence-electron chi connectivity index (χ0n) is 19.4. The number of carbonyl (C=O) groups is 2. The Labute approximate surface area is 210 Å². The maximum atomic E-state index is 13.8. The normalized spacial score (nSPS) is 24.7. The third kappa shape index (κ3) is 6.08. The molecule has 0 aromatic heterocycles. The van der Waals surface area contributed by atoms with E-state index in [-0.39, 0.29) is 47.9 Å². The number of halogens is 3. The molecule has 2 atom stereocenters. The van der Waals surface area contributed by atoms with Crippen LogP contribution in [0.3, 0.4) is 0 Å². The molecular weight excluding hydrogens is 528 g/mol. The number of piperidine rings is 3. The largest absolute Gasteiger partial charge is 0.374 e. The number of hydrogen-bond acceptors (Lipinski definition) is 6. The van der Waals surface area contributed by atoms with Gasteiger partial charge in [0.1, 0.15) is 5.69 Å². The van der Waals surface area contributed by atoms with Crippen molar-refractivity contribution >= 4 is 39.1 Å². The van der Waals surface area contributed by atoms with Crippen molar-refractivity contribution in [3.8, 4) is 0 Å². The number of nitrogens with zero attached hydrogens (tertiary/aromatic N) is 3. The molecule has 0 bridgehead atoms. The maximum Gasteiger partial charge on any atom is 0.294 e. The summed E-state index contributed by atoms with van der Waals surface area (Å²) in [7, 11) is 0. The third-order valence-corrected chi connectivity index (χ3v) is 7.36. The van der Waals surface area contributed by atoms with Gasteiger partial charge in [0, 0.05) is 55.7 Å². The molecule has 2 amide bonds. The van der Waals surface area contributed by atoms with Crippen molar-refractivity contribution in [2.24, 2.45) is 5.92 Å². The fraction of sp³-hybridized carbons (Fsp3) is 0.652. The molecule has 3 aliphatic heterocycles. The summed E-state index contributed by atoms with van der Waals surface area (Å²) in [6, 6.07) is 2.60. The summed E-state index contributed by atoms with van der Waals surface area (Å²) in [5, 5.41) is 17.7. The van der Waals surface area contributed by atoms with Crippen molar-refractivity contribution in [2.75, 3.05) is 44.6 Å². The fourth-order valence-corrected chi connectivity index (χ4v) is 5.64. The lowest BCUT2D eigenvalue weighted by molar-refractivity contribution is -0.384. The molecule has 192 valence electrons. The highest BCUT2D eigenvalue weighted by Gasteiger charge is 2.41. The smallest absolute Gasteiger partial charge is 0.294 e. The zero-order chi connectivity index (χ0) is 25.2. The van der Waals surface area contributed by atoms with Crippen LogP contribution in [0.5, 0.6) is 0 Å². The highest BCUT2D eigenvalue weighted by atomic mass is 79.9. The first-order valence-electron chi connectivity index (χ1n) is 12.1. The summed E-state index contributed by atoms with van der Waals surface area (Å²) in [5.74, 6) is -4.33. The van der Waals surface area contributed by atoms with Crippen LogP contribution >= 0.6 is 15.9 Å². The minimum absolute atomic E-state index is 0.138. The second-order valence-corrected chi connectivity index (χ2v) is 10.5. The number of nitrogens with one attached hydrogen (secondary N) is 2. The Morgan fingerprint density at radius 1 is 1.14 bits per heavy atom. The van der Waals surface area contributed by atoms with E-state index in [1.54, 1.807) is 15.9 Å². The van der Waals surface area contributed by atoms with Crippen LogP contribution in [-0.4, -0.2) is 77.8 Å². The molecule has 12 heteroatoms. The molecule has 0 unspecified atom stereocenters. The molecule has 0 aliphatic carbocycles. The van der Waals surface area contributed by atoms with Crippen LogP contribution < -0.4 is 10.6 Å². The highest BCUT2D eigenvalue weighted by Crippen LogP contribution is 2.35. The molecule has 35 heavy (non-hydrogen) atoms. The zero-order valence-corrected chi connectivity index (χ0v) is 21.0. The van der Waals surface area contributed by atoms with Gasteiger partial charge < -0.3 is 20.4 Å². The molecular formula is C23H30BrF2N5O4. The van der Waals surface area contributed by atoms with E-state index < -0.39 is 29.7 Å². The average Bonchev–Trinajstić information content (AvgIpc) is 2.84. The van der Waals surface area contributed by atoms with E-state index >= 15 is 0 Å². The van der Waals surface area contributed by atoms with Gasteiger partial charge in [0.25, 0.3) is 17.5 Å². The van der Waals surface area contributed by atoms with Gasteiger partial charge in [-0.05, 0) is 38.2 Å². The predicted octanol–water partition coefficient (Wildman–Crippen LogP) is 3.63. The van der Waals surface area contributed by atoms with Gasteiger partial charge >= 0.3 is 0 Å². The summed E-state index contributed by atoms with van der Waals surface area (Å²) in [5.41, 5.74) is 0.130. The van der Waals surface area contributed by atoms with E-state index in [2.05, 4.69) is 26.6 Å². The number of rotatable bonds is 5. The first-order chi connectivity index (χ1) is 16.6.